The highest BCUT2D eigenvalue weighted by molar-refractivity contribution is 7.99. The van der Waals surface area contributed by atoms with Gasteiger partial charge < -0.3 is 29.8 Å². The highest BCUT2D eigenvalue weighted by Crippen LogP contribution is 2.39. The number of thiol groups is 1. The Hall–Kier alpha value is -6.74. The number of fused-ring (bicyclic) bond motifs is 2. The molecule has 0 saturated carbocycles. The summed E-state index contributed by atoms with van der Waals surface area (Å²) in [4.78, 5) is 59.8. The molecule has 6 aromatic rings. The summed E-state index contributed by atoms with van der Waals surface area (Å²) in [6.07, 6.45) is 3.16. The fraction of sp³-hybridized carbons (Fsp3) is 0.532. The van der Waals surface area contributed by atoms with E-state index < -0.39 is 51.8 Å². The van der Waals surface area contributed by atoms with E-state index in [4.69, 9.17) is 18.6 Å². The third kappa shape index (κ3) is 15.9. The molecule has 2 atom stereocenters. The number of aromatic nitrogens is 8. The number of alkyl carbamates (subject to hydrolysis) is 1. The molecule has 1 amide bonds. The van der Waals surface area contributed by atoms with Gasteiger partial charge in [-0.25, -0.2) is 36.9 Å². The van der Waals surface area contributed by atoms with Crippen LogP contribution < -0.4 is 16.8 Å². The van der Waals surface area contributed by atoms with Crippen molar-refractivity contribution in [3.8, 4) is 23.0 Å². The van der Waals surface area contributed by atoms with E-state index in [1.807, 2.05) is 20.8 Å². The molecule has 4 aromatic heterocycles. The molecule has 27 heteroatoms. The van der Waals surface area contributed by atoms with Crippen LogP contribution in [0.5, 0.6) is 0 Å². The van der Waals surface area contributed by atoms with Gasteiger partial charge in [0, 0.05) is 18.7 Å². The predicted molar refractivity (Wildman–Crippen MR) is 268 cm³/mol. The summed E-state index contributed by atoms with van der Waals surface area (Å²) in [7, 11) is 0. The molecule has 0 unspecified atom stereocenters. The van der Waals surface area contributed by atoms with Crippen LogP contribution in [0.15, 0.2) is 69.3 Å². The third-order valence-electron chi connectivity index (χ3n) is 11.0. The Morgan fingerprint density at radius 2 is 1.30 bits per heavy atom. The van der Waals surface area contributed by atoms with E-state index in [-0.39, 0.29) is 40.4 Å². The minimum atomic E-state index is -0.829. The summed E-state index contributed by atoms with van der Waals surface area (Å²) in [6.45, 7) is 21.4. The van der Waals surface area contributed by atoms with Crippen molar-refractivity contribution in [2.75, 3.05) is 37.7 Å². The number of nitrogens with zero attached hydrogens (tertiary/aromatic N) is 10. The molecule has 0 fully saturated rings. The second-order valence-corrected chi connectivity index (χ2v) is 20.0. The molecular weight excluding hydrogens is 1010 g/mol. The lowest BCUT2D eigenvalue weighted by molar-refractivity contribution is -0.390. The molecule has 4 heterocycles. The molecule has 0 spiro atoms. The molecule has 2 aliphatic carbocycles. The van der Waals surface area contributed by atoms with Crippen LogP contribution in [0.2, 0.25) is 0 Å². The molecule has 23 nitrogen and oxygen atoms in total. The zero-order valence-electron chi connectivity index (χ0n) is 42.6. The molecule has 74 heavy (non-hydrogen) atoms. The lowest BCUT2D eigenvalue weighted by Gasteiger charge is -2.19. The van der Waals surface area contributed by atoms with E-state index in [0.717, 1.165) is 27.9 Å². The van der Waals surface area contributed by atoms with E-state index >= 15 is 0 Å². The van der Waals surface area contributed by atoms with Crippen molar-refractivity contribution < 1.29 is 51.1 Å². The normalized spacial score (nSPS) is 14.7. The smallest absolute Gasteiger partial charge is 0.446 e. The number of thioether (sulfide) groups is 1. The van der Waals surface area contributed by atoms with Crippen molar-refractivity contribution in [2.24, 2.45) is 0 Å². The summed E-state index contributed by atoms with van der Waals surface area (Å²) < 4.78 is 58.9. The zero-order chi connectivity index (χ0) is 54.3. The average Bonchev–Trinajstić information content (AvgIpc) is 4.21. The highest BCUT2D eigenvalue weighted by atomic mass is 32.2. The first-order chi connectivity index (χ1) is 35.1. The van der Waals surface area contributed by atoms with Crippen molar-refractivity contribution in [3.05, 3.63) is 102 Å². The van der Waals surface area contributed by atoms with Crippen molar-refractivity contribution >= 4 is 42.3 Å². The van der Waals surface area contributed by atoms with E-state index in [2.05, 4.69) is 83.7 Å². The Balaban J connectivity index is 0.000000211. The van der Waals surface area contributed by atoms with Crippen LogP contribution in [0.25, 0.3) is 23.0 Å². The number of rotatable bonds is 15. The first-order valence-electron chi connectivity index (χ1n) is 23.8. The molecule has 2 aliphatic rings. The highest BCUT2D eigenvalue weighted by Gasteiger charge is 2.36. The van der Waals surface area contributed by atoms with Gasteiger partial charge in [0.2, 0.25) is 11.6 Å². The molecule has 0 bridgehead atoms. The largest absolute Gasteiger partial charge is 0.460 e. The monoisotopic (exact) mass is 1070 g/mol. The molecule has 2 aromatic carbocycles. The summed E-state index contributed by atoms with van der Waals surface area (Å²) in [5.41, 5.74) is 2.14. The Labute approximate surface area is 433 Å². The van der Waals surface area contributed by atoms with Crippen LogP contribution in [-0.2, 0) is 27.1 Å². The second kappa shape index (κ2) is 26.5. The van der Waals surface area contributed by atoms with Crippen LogP contribution in [0, 0.1) is 21.7 Å². The first kappa shape index (κ1) is 58.2. The minimum absolute atomic E-state index is 0.133. The molecular formula is C47H61F2N11O12S2. The number of carbonyl (C=O) groups excluding carboxylic acids is 2. The number of hydrogen-bond acceptors (Lipinski definition) is 21. The number of halogens is 2. The van der Waals surface area contributed by atoms with Gasteiger partial charge in [-0.2, -0.15) is 12.6 Å². The van der Waals surface area contributed by atoms with Crippen LogP contribution in [0.1, 0.15) is 122 Å². The van der Waals surface area contributed by atoms with Crippen molar-refractivity contribution in [2.45, 2.75) is 129 Å². The zero-order valence-corrected chi connectivity index (χ0v) is 44.3. The lowest BCUT2D eigenvalue weighted by atomic mass is 10.1. The fourth-order valence-electron chi connectivity index (χ4n) is 7.78. The van der Waals surface area contributed by atoms with Crippen molar-refractivity contribution in [1.29, 1.82) is 0 Å². The van der Waals surface area contributed by atoms with Crippen LogP contribution in [0.4, 0.5) is 19.4 Å². The number of benzene rings is 2. The number of amides is 1. The Kier molecular flexibility index (Phi) is 20.8. The van der Waals surface area contributed by atoms with Gasteiger partial charge in [0.15, 0.2) is 15.9 Å². The van der Waals surface area contributed by atoms with Crippen LogP contribution >= 0.6 is 24.4 Å². The summed E-state index contributed by atoms with van der Waals surface area (Å²) in [5.74, 6) is -1.99. The number of esters is 1. The Bertz CT molecular complexity index is 2930. The molecule has 0 radical (unpaired) electrons. The molecule has 0 saturated heterocycles. The van der Waals surface area contributed by atoms with Gasteiger partial charge in [0.05, 0.1) is 12.1 Å². The number of ether oxygens (including phenoxy) is 2. The maximum atomic E-state index is 13.8. The van der Waals surface area contributed by atoms with Gasteiger partial charge in [-0.15, -0.1) is 4.63 Å². The Morgan fingerprint density at radius 3 is 1.77 bits per heavy atom. The summed E-state index contributed by atoms with van der Waals surface area (Å²) >= 11 is 5.26. The second-order valence-electron chi connectivity index (χ2n) is 18.5. The molecule has 0 aliphatic heterocycles. The Morgan fingerprint density at radius 1 is 0.797 bits per heavy atom. The number of carbonyl (C=O) groups is 2. The maximum absolute atomic E-state index is 13.8. The van der Waals surface area contributed by atoms with Gasteiger partial charge >= 0.3 is 29.4 Å². The van der Waals surface area contributed by atoms with E-state index in [1.165, 1.54) is 60.2 Å². The van der Waals surface area contributed by atoms with E-state index in [0.29, 0.717) is 60.6 Å². The third-order valence-corrected chi connectivity index (χ3v) is 12.3. The average molecular weight is 1070 g/mol. The van der Waals surface area contributed by atoms with Gasteiger partial charge in [-0.05, 0) is 166 Å². The van der Waals surface area contributed by atoms with Gasteiger partial charge in [0.1, 0.15) is 22.8 Å². The van der Waals surface area contributed by atoms with Crippen molar-refractivity contribution in [1.82, 2.24) is 50.3 Å². The summed E-state index contributed by atoms with van der Waals surface area (Å²) in [6, 6.07) is 7.85. The number of aryl methyl sites for hydroxylation is 2. The van der Waals surface area contributed by atoms with Crippen LogP contribution in [-0.4, -0.2) is 111 Å². The van der Waals surface area contributed by atoms with Gasteiger partial charge in [-0.3, -0.25) is 13.8 Å². The standard InChI is InChI=1S/C20H22FN5O5S.C13H8FN5O5.C8H16O2S.C6H15N/c1-20(2,3)29-18(27)22-8-9-32-17-15(23-31-25-17)16-24-30-19(28)26(16)14-7-5-11-4-6-12(21)10-13(11)14;14-7-3-1-6-2-4-9(8(6)5-7)18-11(16-23-13(18)20)10-12(19(21)22)17-24-15-10;1-8(2,3)10-7(9)5-4-6-11;1-4-7(5-2)6-3/h4,6,10,14H,5,7-9H2,1-3H3,(H,22,27);1,3,5,9H,2,4H2;11H,4-6H2,1-3H3;4-6H2,1-3H3/t14-;9-;;/m00../s1. The SMILES string of the molecule is CC(C)(C)OC(=O)CCCS.CC(C)(C)OC(=O)NCCSc1nonc1-c1noc(=O)n1[C@H]1CCc2ccc(F)cc21.CCN(CC)CC.O=c1onc(-c2nonc2[N+](=O)[O-])n1[C@H]1CCc2ccc(F)cc21. The number of nitrogens with one attached hydrogen (secondary N) is 1. The molecule has 1 N–H and O–H groups in total. The molecule has 8 rings (SSSR count). The van der Waals surface area contributed by atoms with Gasteiger partial charge in [0.25, 0.3) is 5.69 Å². The molecule has 402 valence electrons. The van der Waals surface area contributed by atoms with Crippen molar-refractivity contribution in [3.63, 3.8) is 0 Å². The fourth-order valence-corrected chi connectivity index (χ4v) is 8.68. The predicted octanol–water partition coefficient (Wildman–Crippen LogP) is 8.03. The van der Waals surface area contributed by atoms with E-state index in [1.54, 1.807) is 32.9 Å². The number of nitro groups is 1. The van der Waals surface area contributed by atoms with E-state index in [9.17, 15) is 38.1 Å². The minimum Gasteiger partial charge on any atom is -0.460 e. The van der Waals surface area contributed by atoms with Gasteiger partial charge in [-0.1, -0.05) is 55.0 Å². The number of hydrogen-bond donors (Lipinski definition) is 2. The quantitative estimate of drug-likeness (QED) is 0.0246. The summed E-state index contributed by atoms with van der Waals surface area (Å²) in [5, 5.41) is 35.9. The lowest BCUT2D eigenvalue weighted by Crippen LogP contribution is -2.33. The first-order valence-corrected chi connectivity index (χ1v) is 25.4. The maximum Gasteiger partial charge on any atom is 0.446 e. The topological polar surface area (TPSA) is 285 Å². The van der Waals surface area contributed by atoms with Crippen LogP contribution in [0.3, 0.4) is 0 Å².